The van der Waals surface area contributed by atoms with Gasteiger partial charge in [0, 0.05) is 17.0 Å². The molecule has 0 unspecified atom stereocenters. The van der Waals surface area contributed by atoms with Crippen molar-refractivity contribution in [3.8, 4) is 0 Å². The molecule has 0 bridgehead atoms. The third kappa shape index (κ3) is 5.58. The van der Waals surface area contributed by atoms with Gasteiger partial charge in [0.15, 0.2) is 0 Å². The Labute approximate surface area is 123 Å². The molecule has 0 atom stereocenters. The number of nitrogens with zero attached hydrogens (tertiary/aromatic N) is 1. The Morgan fingerprint density at radius 1 is 1.38 bits per heavy atom. The van der Waals surface area contributed by atoms with Crippen molar-refractivity contribution >= 4 is 29.3 Å². The fraction of sp³-hybridized carbons (Fsp3) is 0.385. The van der Waals surface area contributed by atoms with Crippen molar-refractivity contribution in [2.24, 2.45) is 0 Å². The van der Waals surface area contributed by atoms with E-state index in [-0.39, 0.29) is 4.88 Å². The number of carboxylic acids is 1. The Bertz CT molecular complexity index is 549. The van der Waals surface area contributed by atoms with Gasteiger partial charge in [-0.15, -0.1) is 11.3 Å². The fourth-order valence-corrected chi connectivity index (χ4v) is 2.40. The van der Waals surface area contributed by atoms with Gasteiger partial charge in [-0.2, -0.15) is 13.2 Å². The minimum Gasteiger partial charge on any atom is -0.478 e. The molecule has 1 aromatic rings. The molecule has 4 nitrogen and oxygen atoms in total. The molecule has 0 aliphatic heterocycles. The van der Waals surface area contributed by atoms with Gasteiger partial charge in [0.2, 0.25) is 0 Å². The second kappa shape index (κ2) is 6.75. The van der Waals surface area contributed by atoms with Crippen LogP contribution < -0.4 is 0 Å². The van der Waals surface area contributed by atoms with E-state index in [0.717, 1.165) is 22.3 Å². The second-order valence-electron chi connectivity index (χ2n) is 4.52. The molecule has 0 saturated carbocycles. The van der Waals surface area contributed by atoms with E-state index in [4.69, 9.17) is 5.11 Å². The topological polar surface area (TPSA) is 57.6 Å². The number of aliphatic carboxylic acids is 1. The van der Waals surface area contributed by atoms with Gasteiger partial charge in [-0.1, -0.05) is 0 Å². The number of amides is 1. The number of alkyl halides is 3. The van der Waals surface area contributed by atoms with Crippen molar-refractivity contribution < 1.29 is 27.9 Å². The molecule has 0 saturated heterocycles. The molecule has 116 valence electrons. The smallest absolute Gasteiger partial charge is 0.406 e. The Morgan fingerprint density at radius 3 is 2.48 bits per heavy atom. The molecule has 0 aliphatic carbocycles. The van der Waals surface area contributed by atoms with E-state index < -0.39 is 30.6 Å². The summed E-state index contributed by atoms with van der Waals surface area (Å²) in [7, 11) is 0. The highest BCUT2D eigenvalue weighted by molar-refractivity contribution is 7.14. The van der Waals surface area contributed by atoms with E-state index in [0.29, 0.717) is 4.88 Å². The van der Waals surface area contributed by atoms with E-state index in [1.165, 1.54) is 32.1 Å². The predicted octanol–water partition coefficient (Wildman–Crippen LogP) is 3.26. The number of thiophene rings is 1. The SMILES string of the molecule is CC(C)N(CC(F)(F)F)C(=O)c1ccc(C=CC(=O)O)s1. The van der Waals surface area contributed by atoms with Crippen LogP contribution in [0.3, 0.4) is 0 Å². The van der Waals surface area contributed by atoms with Gasteiger partial charge >= 0.3 is 12.1 Å². The third-order valence-electron chi connectivity index (χ3n) is 2.46. The van der Waals surface area contributed by atoms with Gasteiger partial charge in [-0.25, -0.2) is 4.79 Å². The highest BCUT2D eigenvalue weighted by Gasteiger charge is 2.34. The summed E-state index contributed by atoms with van der Waals surface area (Å²) in [5.41, 5.74) is 0. The molecule has 0 aromatic carbocycles. The molecule has 0 radical (unpaired) electrons. The summed E-state index contributed by atoms with van der Waals surface area (Å²) in [6, 6.07) is 2.28. The van der Waals surface area contributed by atoms with E-state index >= 15 is 0 Å². The molecular weight excluding hydrogens is 307 g/mol. The Morgan fingerprint density at radius 2 is 2.00 bits per heavy atom. The number of halogens is 3. The standard InChI is InChI=1S/C13H14F3NO3S/c1-8(2)17(7-13(14,15)16)12(20)10-5-3-9(21-10)4-6-11(18)19/h3-6,8H,7H2,1-2H3,(H,18,19). The van der Waals surface area contributed by atoms with Gasteiger partial charge < -0.3 is 10.0 Å². The summed E-state index contributed by atoms with van der Waals surface area (Å²) in [6.45, 7) is 1.69. The molecule has 8 heteroatoms. The zero-order valence-electron chi connectivity index (χ0n) is 11.3. The van der Waals surface area contributed by atoms with Crippen LogP contribution in [0.25, 0.3) is 6.08 Å². The molecule has 1 N–H and O–H groups in total. The Balaban J connectivity index is 2.92. The van der Waals surface area contributed by atoms with E-state index in [2.05, 4.69) is 0 Å². The lowest BCUT2D eigenvalue weighted by molar-refractivity contribution is -0.143. The van der Waals surface area contributed by atoms with Gasteiger partial charge in [0.05, 0.1) is 4.88 Å². The summed E-state index contributed by atoms with van der Waals surface area (Å²) in [4.78, 5) is 23.8. The minimum atomic E-state index is -4.47. The largest absolute Gasteiger partial charge is 0.478 e. The Kier molecular flexibility index (Phi) is 5.54. The van der Waals surface area contributed by atoms with Crippen molar-refractivity contribution in [1.82, 2.24) is 4.90 Å². The highest BCUT2D eigenvalue weighted by Crippen LogP contribution is 2.24. The predicted molar refractivity (Wildman–Crippen MR) is 73.2 cm³/mol. The summed E-state index contributed by atoms with van der Waals surface area (Å²) in [6.07, 6.45) is -2.29. The molecule has 1 heterocycles. The molecule has 1 aromatic heterocycles. The van der Waals surface area contributed by atoms with Crippen LogP contribution in [0.5, 0.6) is 0 Å². The highest BCUT2D eigenvalue weighted by atomic mass is 32.1. The fourth-order valence-electron chi connectivity index (χ4n) is 1.53. The first-order valence-electron chi connectivity index (χ1n) is 5.98. The van der Waals surface area contributed by atoms with Crippen molar-refractivity contribution in [2.75, 3.05) is 6.54 Å². The summed E-state index contributed by atoms with van der Waals surface area (Å²) < 4.78 is 37.5. The monoisotopic (exact) mass is 321 g/mol. The maximum absolute atomic E-state index is 12.5. The van der Waals surface area contributed by atoms with Crippen molar-refractivity contribution in [2.45, 2.75) is 26.1 Å². The maximum Gasteiger partial charge on any atom is 0.406 e. The van der Waals surface area contributed by atoms with Crippen LogP contribution in [0.15, 0.2) is 18.2 Å². The van der Waals surface area contributed by atoms with Gasteiger partial charge in [0.1, 0.15) is 6.54 Å². The van der Waals surface area contributed by atoms with Crippen molar-refractivity contribution in [3.63, 3.8) is 0 Å². The number of carbonyl (C=O) groups is 2. The molecule has 0 fully saturated rings. The van der Waals surface area contributed by atoms with Crippen LogP contribution in [-0.4, -0.2) is 40.6 Å². The first kappa shape index (κ1) is 17.2. The number of hydrogen-bond acceptors (Lipinski definition) is 3. The lowest BCUT2D eigenvalue weighted by Gasteiger charge is -2.27. The van der Waals surface area contributed by atoms with Crippen LogP contribution >= 0.6 is 11.3 Å². The van der Waals surface area contributed by atoms with Crippen LogP contribution in [0.1, 0.15) is 28.4 Å². The van der Waals surface area contributed by atoms with Gasteiger partial charge in [-0.3, -0.25) is 4.79 Å². The number of hydrogen-bond donors (Lipinski definition) is 1. The number of carboxylic acid groups (broad SMARTS) is 1. The van der Waals surface area contributed by atoms with Crippen LogP contribution in [-0.2, 0) is 4.79 Å². The van der Waals surface area contributed by atoms with Crippen molar-refractivity contribution in [1.29, 1.82) is 0 Å². The first-order valence-corrected chi connectivity index (χ1v) is 6.80. The normalized spacial score (nSPS) is 12.1. The molecule has 21 heavy (non-hydrogen) atoms. The summed E-state index contributed by atoms with van der Waals surface area (Å²) >= 11 is 0.946. The molecule has 1 rings (SSSR count). The van der Waals surface area contributed by atoms with Gasteiger partial charge in [0.25, 0.3) is 5.91 Å². The van der Waals surface area contributed by atoms with E-state index in [9.17, 15) is 22.8 Å². The zero-order valence-corrected chi connectivity index (χ0v) is 12.2. The van der Waals surface area contributed by atoms with Gasteiger partial charge in [-0.05, 0) is 32.1 Å². The quantitative estimate of drug-likeness (QED) is 0.847. The van der Waals surface area contributed by atoms with Crippen LogP contribution in [0.2, 0.25) is 0 Å². The van der Waals surface area contributed by atoms with Crippen LogP contribution in [0, 0.1) is 0 Å². The van der Waals surface area contributed by atoms with E-state index in [1.54, 1.807) is 0 Å². The average molecular weight is 321 g/mol. The Hall–Kier alpha value is -1.83. The first-order chi connectivity index (χ1) is 9.60. The average Bonchev–Trinajstić information content (AvgIpc) is 2.80. The lowest BCUT2D eigenvalue weighted by atomic mass is 10.3. The molecular formula is C13H14F3NO3S. The minimum absolute atomic E-state index is 0.137. The maximum atomic E-state index is 12.5. The van der Waals surface area contributed by atoms with Crippen molar-refractivity contribution in [3.05, 3.63) is 28.0 Å². The second-order valence-corrected chi connectivity index (χ2v) is 5.63. The van der Waals surface area contributed by atoms with E-state index in [1.807, 2.05) is 0 Å². The zero-order chi connectivity index (χ0) is 16.2. The van der Waals surface area contributed by atoms with Crippen LogP contribution in [0.4, 0.5) is 13.2 Å². The number of carbonyl (C=O) groups excluding carboxylic acids is 1. The molecule has 0 spiro atoms. The third-order valence-corrected chi connectivity index (χ3v) is 3.50. The number of rotatable bonds is 5. The molecule has 1 amide bonds. The molecule has 0 aliphatic rings. The summed E-state index contributed by atoms with van der Waals surface area (Å²) in [5, 5.41) is 8.50. The lowest BCUT2D eigenvalue weighted by Crippen LogP contribution is -2.43. The summed E-state index contributed by atoms with van der Waals surface area (Å²) in [5.74, 6) is -1.86.